The highest BCUT2D eigenvalue weighted by atomic mass is 32.1. The molecular formula is C31H62O8SSi3. The second-order valence-electron chi connectivity index (χ2n) is 15.3. The van der Waals surface area contributed by atoms with Gasteiger partial charge >= 0.3 is 22.4 Å². The van der Waals surface area contributed by atoms with Crippen LogP contribution in [0.5, 0.6) is 0 Å². The Balaban J connectivity index is 1.99. The second-order valence-corrected chi connectivity index (χ2v) is 29.6. The van der Waals surface area contributed by atoms with Gasteiger partial charge in [-0.3, -0.25) is 0 Å². The molecule has 0 aromatic heterocycles. The second kappa shape index (κ2) is 14.9. The molecule has 3 aliphatic heterocycles. The van der Waals surface area contributed by atoms with Gasteiger partial charge in [-0.15, -0.1) is 0 Å². The normalized spacial score (nSPS) is 38.6. The molecule has 0 spiro atoms. The lowest BCUT2D eigenvalue weighted by Gasteiger charge is -2.49. The van der Waals surface area contributed by atoms with Crippen molar-refractivity contribution in [1.29, 1.82) is 0 Å². The Morgan fingerprint density at radius 3 is 2.09 bits per heavy atom. The zero-order valence-corrected chi connectivity index (χ0v) is 33.2. The molecule has 3 fully saturated rings. The first-order chi connectivity index (χ1) is 19.8. The lowest BCUT2D eigenvalue weighted by atomic mass is 9.82. The number of hydrogen-bond donors (Lipinski definition) is 0. The standard InChI is InChI=1S/C31H62O8SSi3/c1-15-25-23(9)27(22(8)24(10)34-25)36-30-29(37-31(40)32-16-17-41(11,12)13)28-26(35-30)18-33-42(14,19(2)3)39-43(38-28,20(4)5)21(6)7/h19-30H,15-18H2,1-14H3/t22?,23-,24-,25?,26+,27-,28-,29?,30-,42?/m0/s1. The van der Waals surface area contributed by atoms with Gasteiger partial charge in [0, 0.05) is 32.1 Å². The quantitative estimate of drug-likeness (QED) is 0.170. The van der Waals surface area contributed by atoms with Gasteiger partial charge < -0.3 is 36.7 Å². The van der Waals surface area contributed by atoms with E-state index < -0.39 is 43.7 Å². The molecule has 4 unspecified atom stereocenters. The Morgan fingerprint density at radius 1 is 0.930 bits per heavy atom. The number of hydrogen-bond acceptors (Lipinski definition) is 9. The van der Waals surface area contributed by atoms with E-state index >= 15 is 0 Å². The predicted molar refractivity (Wildman–Crippen MR) is 183 cm³/mol. The van der Waals surface area contributed by atoms with E-state index in [1.165, 1.54) is 0 Å². The van der Waals surface area contributed by atoms with E-state index in [9.17, 15) is 0 Å². The summed E-state index contributed by atoms with van der Waals surface area (Å²) in [5.41, 5.74) is 0.617. The minimum Gasteiger partial charge on any atom is -0.457 e. The van der Waals surface area contributed by atoms with Gasteiger partial charge in [0.1, 0.15) is 12.2 Å². The Bertz CT molecular complexity index is 910. The molecule has 3 heterocycles. The molecule has 0 radical (unpaired) electrons. The largest absolute Gasteiger partial charge is 0.457 e. The van der Waals surface area contributed by atoms with E-state index in [-0.39, 0.29) is 58.1 Å². The maximum atomic E-state index is 7.29. The molecule has 0 N–H and O–H groups in total. The molecule has 12 heteroatoms. The van der Waals surface area contributed by atoms with Gasteiger partial charge in [0.2, 0.25) is 0 Å². The maximum absolute atomic E-state index is 7.29. The van der Waals surface area contributed by atoms with Gasteiger partial charge in [0.05, 0.1) is 31.5 Å². The predicted octanol–water partition coefficient (Wildman–Crippen LogP) is 7.77. The third-order valence-corrected chi connectivity index (χ3v) is 21.4. The van der Waals surface area contributed by atoms with E-state index in [1.807, 2.05) is 0 Å². The summed E-state index contributed by atoms with van der Waals surface area (Å²) in [7, 11) is -6.77. The van der Waals surface area contributed by atoms with Crippen LogP contribution in [-0.2, 0) is 36.7 Å². The summed E-state index contributed by atoms with van der Waals surface area (Å²) in [4.78, 5) is 0. The molecule has 0 aliphatic carbocycles. The van der Waals surface area contributed by atoms with Crippen LogP contribution in [-0.4, -0.2) is 86.6 Å². The average molecular weight is 679 g/mol. The molecule has 3 rings (SSSR count). The first kappa shape index (κ1) is 37.6. The molecule has 10 atom stereocenters. The van der Waals surface area contributed by atoms with Crippen molar-refractivity contribution in [2.24, 2.45) is 11.8 Å². The molecule has 3 aliphatic rings. The zero-order chi connectivity index (χ0) is 32.5. The van der Waals surface area contributed by atoms with Crippen LogP contribution >= 0.6 is 12.2 Å². The van der Waals surface area contributed by atoms with E-state index in [1.54, 1.807) is 0 Å². The number of rotatable bonds is 10. The lowest BCUT2D eigenvalue weighted by Crippen LogP contribution is -2.64. The van der Waals surface area contributed by atoms with E-state index in [0.717, 1.165) is 12.5 Å². The molecule has 3 saturated heterocycles. The smallest absolute Gasteiger partial charge is 0.352 e. The van der Waals surface area contributed by atoms with Crippen molar-refractivity contribution < 1.29 is 36.7 Å². The fourth-order valence-electron chi connectivity index (χ4n) is 6.43. The molecule has 43 heavy (non-hydrogen) atoms. The van der Waals surface area contributed by atoms with Crippen LogP contribution in [0.25, 0.3) is 0 Å². The van der Waals surface area contributed by atoms with E-state index in [0.29, 0.717) is 13.2 Å². The Kier molecular flexibility index (Phi) is 13.0. The van der Waals surface area contributed by atoms with Crippen molar-refractivity contribution >= 4 is 42.7 Å². The third-order valence-electron chi connectivity index (χ3n) is 9.89. The minimum atomic E-state index is -2.86. The Morgan fingerprint density at radius 2 is 1.56 bits per heavy atom. The van der Waals surface area contributed by atoms with Gasteiger partial charge in [-0.1, -0.05) is 82.0 Å². The molecule has 0 aromatic rings. The highest BCUT2D eigenvalue weighted by Crippen LogP contribution is 2.46. The maximum Gasteiger partial charge on any atom is 0.352 e. The van der Waals surface area contributed by atoms with Crippen molar-refractivity contribution in [3.05, 3.63) is 0 Å². The number of ether oxygens (including phenoxy) is 5. The summed E-state index contributed by atoms with van der Waals surface area (Å²) in [5.74, 6) is 0.359. The van der Waals surface area contributed by atoms with Crippen LogP contribution < -0.4 is 0 Å². The van der Waals surface area contributed by atoms with Crippen molar-refractivity contribution in [3.8, 4) is 0 Å². The SMILES string of the molecule is CCC1O[C@@H](C)C(C)[C@H](O[C@@H]2O[C@@H]3CO[Si](C)(C(C)C)O[Si](C(C)C)(C(C)C)O[C@@H]3C2OC(=S)OCC[Si](C)(C)C)[C@H]1C. The van der Waals surface area contributed by atoms with Gasteiger partial charge in [-0.2, -0.15) is 0 Å². The summed E-state index contributed by atoms with van der Waals surface area (Å²) in [6.07, 6.45) is -1.16. The van der Waals surface area contributed by atoms with Crippen LogP contribution in [0.2, 0.25) is 48.9 Å². The van der Waals surface area contributed by atoms with Gasteiger partial charge in [-0.25, -0.2) is 0 Å². The van der Waals surface area contributed by atoms with Crippen molar-refractivity contribution in [3.63, 3.8) is 0 Å². The summed E-state index contributed by atoms with van der Waals surface area (Å²) in [6, 6.07) is 0.990. The molecule has 0 amide bonds. The molecule has 252 valence electrons. The van der Waals surface area contributed by atoms with Crippen LogP contribution in [0.3, 0.4) is 0 Å². The van der Waals surface area contributed by atoms with Gasteiger partial charge in [0.25, 0.3) is 0 Å². The van der Waals surface area contributed by atoms with E-state index in [2.05, 4.69) is 95.4 Å². The summed E-state index contributed by atoms with van der Waals surface area (Å²) >= 11 is 5.66. The molecular weight excluding hydrogens is 617 g/mol. The zero-order valence-electron chi connectivity index (χ0n) is 29.4. The summed E-state index contributed by atoms with van der Waals surface area (Å²) in [6.45, 7) is 31.9. The molecule has 0 saturated carbocycles. The highest BCUT2D eigenvalue weighted by Gasteiger charge is 2.61. The number of thiocarbonyl (C=S) groups is 1. The van der Waals surface area contributed by atoms with Crippen molar-refractivity contribution in [2.75, 3.05) is 13.2 Å². The Labute approximate surface area is 271 Å². The summed E-state index contributed by atoms with van der Waals surface area (Å²) in [5, 5.41) is 0.115. The minimum absolute atomic E-state index is 0.0687. The monoisotopic (exact) mass is 678 g/mol. The van der Waals surface area contributed by atoms with Crippen molar-refractivity contribution in [1.82, 2.24) is 0 Å². The lowest BCUT2D eigenvalue weighted by molar-refractivity contribution is -0.251. The fraction of sp³-hybridized carbons (Fsp3) is 0.968. The average Bonchev–Trinajstić information content (AvgIpc) is 3.19. The Hall–Kier alpha value is 0.101. The van der Waals surface area contributed by atoms with Crippen LogP contribution in [0.1, 0.15) is 75.7 Å². The van der Waals surface area contributed by atoms with Gasteiger partial charge in [-0.05, 0) is 42.6 Å². The molecule has 0 bridgehead atoms. The fourth-order valence-corrected chi connectivity index (χ4v) is 16.5. The highest BCUT2D eigenvalue weighted by molar-refractivity contribution is 7.79. The van der Waals surface area contributed by atoms with Crippen LogP contribution in [0.4, 0.5) is 0 Å². The molecule has 8 nitrogen and oxygen atoms in total. The topological polar surface area (TPSA) is 73.8 Å². The summed E-state index contributed by atoms with van der Waals surface area (Å²) < 4.78 is 53.7. The van der Waals surface area contributed by atoms with Gasteiger partial charge in [0.15, 0.2) is 12.4 Å². The van der Waals surface area contributed by atoms with Crippen LogP contribution in [0, 0.1) is 11.8 Å². The molecule has 0 aromatic carbocycles. The third kappa shape index (κ3) is 8.72. The van der Waals surface area contributed by atoms with Crippen molar-refractivity contribution in [2.45, 2.75) is 167 Å². The van der Waals surface area contributed by atoms with E-state index in [4.69, 9.17) is 48.9 Å². The van der Waals surface area contributed by atoms with Crippen LogP contribution in [0.15, 0.2) is 0 Å². The number of fused-ring (bicyclic) bond motifs is 1. The first-order valence-corrected chi connectivity index (χ1v) is 25.1. The first-order valence-electron chi connectivity index (χ1n) is 16.7.